The standard InChI is InChI=1S/C24H29NO4S/c1-23(2,3)19-9-10-22-20(15-19)21(26)16-24(29-22)11-13-25(14-12-24)30(27,28)17-18-7-5-4-6-8-18/h4-10,15H,11-14,16-17H2,1-3H3. The number of ether oxygens (including phenoxy) is 1. The Kier molecular flexibility index (Phi) is 5.27. The van der Waals surface area contributed by atoms with Gasteiger partial charge in [-0.05, 0) is 28.7 Å². The second-order valence-electron chi connectivity index (χ2n) is 9.49. The molecule has 2 aliphatic heterocycles. The topological polar surface area (TPSA) is 63.7 Å². The molecule has 1 fully saturated rings. The highest BCUT2D eigenvalue weighted by Gasteiger charge is 2.45. The molecule has 0 unspecified atom stereocenters. The van der Waals surface area contributed by atoms with E-state index >= 15 is 0 Å². The molecule has 1 spiro atoms. The number of hydrogen-bond donors (Lipinski definition) is 0. The molecule has 30 heavy (non-hydrogen) atoms. The van der Waals surface area contributed by atoms with Gasteiger partial charge in [0, 0.05) is 25.9 Å². The summed E-state index contributed by atoms with van der Waals surface area (Å²) in [6.07, 6.45) is 1.35. The third-order valence-electron chi connectivity index (χ3n) is 6.17. The summed E-state index contributed by atoms with van der Waals surface area (Å²) in [5.74, 6) is 0.710. The van der Waals surface area contributed by atoms with E-state index in [1.807, 2.05) is 48.5 Å². The number of ketones is 1. The lowest BCUT2D eigenvalue weighted by Crippen LogP contribution is -2.52. The van der Waals surface area contributed by atoms with Gasteiger partial charge < -0.3 is 4.74 Å². The smallest absolute Gasteiger partial charge is 0.218 e. The Morgan fingerprint density at radius 2 is 1.70 bits per heavy atom. The van der Waals surface area contributed by atoms with Crippen molar-refractivity contribution in [3.63, 3.8) is 0 Å². The van der Waals surface area contributed by atoms with E-state index in [1.54, 1.807) is 0 Å². The summed E-state index contributed by atoms with van der Waals surface area (Å²) in [4.78, 5) is 12.9. The maximum atomic E-state index is 12.9. The Bertz CT molecular complexity index is 1050. The highest BCUT2D eigenvalue weighted by Crippen LogP contribution is 2.41. The first-order valence-corrected chi connectivity index (χ1v) is 12.1. The van der Waals surface area contributed by atoms with Gasteiger partial charge >= 0.3 is 0 Å². The second kappa shape index (κ2) is 7.50. The number of piperidine rings is 1. The molecule has 0 aliphatic carbocycles. The second-order valence-corrected chi connectivity index (χ2v) is 11.5. The molecule has 0 atom stereocenters. The number of carbonyl (C=O) groups excluding carboxylic acids is 1. The summed E-state index contributed by atoms with van der Waals surface area (Å²) in [5, 5.41) is 0. The van der Waals surface area contributed by atoms with Gasteiger partial charge in [0.2, 0.25) is 10.0 Å². The summed E-state index contributed by atoms with van der Waals surface area (Å²) in [5.41, 5.74) is 1.89. The molecule has 2 heterocycles. The quantitative estimate of drug-likeness (QED) is 0.732. The summed E-state index contributed by atoms with van der Waals surface area (Å²) < 4.78 is 33.6. The maximum Gasteiger partial charge on any atom is 0.218 e. The van der Waals surface area contributed by atoms with Crippen LogP contribution in [0.4, 0.5) is 0 Å². The normalized spacial score (nSPS) is 19.4. The van der Waals surface area contributed by atoms with Crippen LogP contribution in [0.5, 0.6) is 5.75 Å². The molecule has 5 nitrogen and oxygen atoms in total. The molecule has 0 bridgehead atoms. The van der Waals surface area contributed by atoms with Crippen molar-refractivity contribution in [2.24, 2.45) is 0 Å². The number of carbonyl (C=O) groups is 1. The number of sulfonamides is 1. The fourth-order valence-electron chi connectivity index (χ4n) is 4.29. The molecule has 0 amide bonds. The van der Waals surface area contributed by atoms with E-state index in [2.05, 4.69) is 20.8 Å². The van der Waals surface area contributed by atoms with Gasteiger partial charge in [-0.25, -0.2) is 12.7 Å². The molecular formula is C24H29NO4S. The van der Waals surface area contributed by atoms with E-state index in [1.165, 1.54) is 4.31 Å². The van der Waals surface area contributed by atoms with Gasteiger partial charge in [-0.3, -0.25) is 4.79 Å². The predicted molar refractivity (Wildman–Crippen MR) is 117 cm³/mol. The van der Waals surface area contributed by atoms with Crippen LogP contribution in [0.2, 0.25) is 0 Å². The van der Waals surface area contributed by atoms with Gasteiger partial charge in [0.15, 0.2) is 5.78 Å². The third-order valence-corrected chi connectivity index (χ3v) is 8.02. The first kappa shape index (κ1) is 21.1. The van der Waals surface area contributed by atoms with Crippen molar-refractivity contribution in [3.8, 4) is 5.75 Å². The van der Waals surface area contributed by atoms with E-state index in [0.717, 1.165) is 11.1 Å². The number of hydrogen-bond acceptors (Lipinski definition) is 4. The van der Waals surface area contributed by atoms with Gasteiger partial charge in [-0.1, -0.05) is 57.2 Å². The van der Waals surface area contributed by atoms with Crippen molar-refractivity contribution >= 4 is 15.8 Å². The molecule has 4 rings (SSSR count). The minimum Gasteiger partial charge on any atom is -0.486 e. The maximum absolute atomic E-state index is 12.9. The van der Waals surface area contributed by atoms with Crippen LogP contribution in [0.3, 0.4) is 0 Å². The van der Waals surface area contributed by atoms with E-state index in [0.29, 0.717) is 43.7 Å². The fourth-order valence-corrected chi connectivity index (χ4v) is 5.82. The highest BCUT2D eigenvalue weighted by atomic mass is 32.2. The molecule has 6 heteroatoms. The van der Waals surface area contributed by atoms with Crippen LogP contribution in [-0.4, -0.2) is 37.2 Å². The number of fused-ring (bicyclic) bond motifs is 1. The van der Waals surface area contributed by atoms with E-state index in [4.69, 9.17) is 4.74 Å². The molecule has 160 valence electrons. The summed E-state index contributed by atoms with van der Waals surface area (Å²) in [6, 6.07) is 15.1. The van der Waals surface area contributed by atoms with Crippen LogP contribution < -0.4 is 4.74 Å². The summed E-state index contributed by atoms with van der Waals surface area (Å²) in [6.45, 7) is 7.11. The monoisotopic (exact) mass is 427 g/mol. The number of benzene rings is 2. The lowest BCUT2D eigenvalue weighted by molar-refractivity contribution is 0.00586. The van der Waals surface area contributed by atoms with Crippen molar-refractivity contribution in [1.82, 2.24) is 4.31 Å². The third kappa shape index (κ3) is 4.16. The van der Waals surface area contributed by atoms with Crippen LogP contribution in [0.15, 0.2) is 48.5 Å². The number of rotatable bonds is 3. The van der Waals surface area contributed by atoms with Gasteiger partial charge in [-0.15, -0.1) is 0 Å². The molecule has 2 aromatic rings. The van der Waals surface area contributed by atoms with E-state index in [9.17, 15) is 13.2 Å². The molecular weight excluding hydrogens is 398 g/mol. The first-order valence-electron chi connectivity index (χ1n) is 10.5. The zero-order valence-electron chi connectivity index (χ0n) is 17.8. The summed E-state index contributed by atoms with van der Waals surface area (Å²) >= 11 is 0. The van der Waals surface area contributed by atoms with Crippen molar-refractivity contribution in [1.29, 1.82) is 0 Å². The molecule has 0 saturated carbocycles. The summed E-state index contributed by atoms with van der Waals surface area (Å²) in [7, 11) is -3.39. The van der Waals surface area contributed by atoms with Gasteiger partial charge in [0.25, 0.3) is 0 Å². The average molecular weight is 428 g/mol. The lowest BCUT2D eigenvalue weighted by atomic mass is 9.80. The Morgan fingerprint density at radius 3 is 2.33 bits per heavy atom. The van der Waals surface area contributed by atoms with Crippen molar-refractivity contribution in [2.45, 2.75) is 56.8 Å². The Labute approximate surface area is 179 Å². The minimum atomic E-state index is -3.39. The first-order chi connectivity index (χ1) is 14.1. The zero-order chi connectivity index (χ0) is 21.6. The van der Waals surface area contributed by atoms with Crippen molar-refractivity contribution < 1.29 is 17.9 Å². The largest absolute Gasteiger partial charge is 0.486 e. The Morgan fingerprint density at radius 1 is 1.03 bits per heavy atom. The lowest BCUT2D eigenvalue weighted by Gasteiger charge is -2.43. The molecule has 2 aromatic carbocycles. The van der Waals surface area contributed by atoms with E-state index < -0.39 is 15.6 Å². The SMILES string of the molecule is CC(C)(C)c1ccc2c(c1)C(=O)CC1(CCN(S(=O)(=O)Cc3ccccc3)CC1)O2. The highest BCUT2D eigenvalue weighted by molar-refractivity contribution is 7.88. The number of nitrogens with zero attached hydrogens (tertiary/aromatic N) is 1. The van der Waals surface area contributed by atoms with Gasteiger partial charge in [-0.2, -0.15) is 0 Å². The minimum absolute atomic E-state index is 0.000951. The number of Topliss-reactive ketones (excluding diaryl/α,β-unsaturated/α-hetero) is 1. The molecule has 1 saturated heterocycles. The van der Waals surface area contributed by atoms with Crippen LogP contribution >= 0.6 is 0 Å². The zero-order valence-corrected chi connectivity index (χ0v) is 18.7. The molecule has 2 aliphatic rings. The fraction of sp³-hybridized carbons (Fsp3) is 0.458. The molecule has 0 aromatic heterocycles. The molecule has 0 N–H and O–H groups in total. The van der Waals surface area contributed by atoms with Crippen LogP contribution in [0.25, 0.3) is 0 Å². The van der Waals surface area contributed by atoms with Crippen molar-refractivity contribution in [2.75, 3.05) is 13.1 Å². The molecule has 0 radical (unpaired) electrons. The Hall–Kier alpha value is -2.18. The van der Waals surface area contributed by atoms with Gasteiger partial charge in [0.05, 0.1) is 17.7 Å². The van der Waals surface area contributed by atoms with E-state index in [-0.39, 0.29) is 17.0 Å². The van der Waals surface area contributed by atoms with Gasteiger partial charge in [0.1, 0.15) is 11.4 Å². The van der Waals surface area contributed by atoms with Crippen LogP contribution in [0, 0.1) is 0 Å². The van der Waals surface area contributed by atoms with Crippen molar-refractivity contribution in [3.05, 3.63) is 65.2 Å². The van der Waals surface area contributed by atoms with Crippen LogP contribution in [-0.2, 0) is 21.2 Å². The average Bonchev–Trinajstić information content (AvgIpc) is 2.68. The Balaban J connectivity index is 1.48. The van der Waals surface area contributed by atoms with Crippen LogP contribution in [0.1, 0.15) is 61.5 Å². The predicted octanol–water partition coefficient (Wildman–Crippen LogP) is 4.31.